The summed E-state index contributed by atoms with van der Waals surface area (Å²) in [7, 11) is 0. The van der Waals surface area contributed by atoms with Crippen molar-refractivity contribution in [2.75, 3.05) is 6.54 Å². The van der Waals surface area contributed by atoms with E-state index in [0.29, 0.717) is 5.82 Å². The molecule has 1 atom stereocenters. The summed E-state index contributed by atoms with van der Waals surface area (Å²) in [4.78, 5) is 32.1. The molecule has 3 aromatic rings. The number of amides is 2. The van der Waals surface area contributed by atoms with E-state index in [9.17, 15) is 9.59 Å². The van der Waals surface area contributed by atoms with Gasteiger partial charge in [-0.2, -0.15) is 0 Å². The zero-order valence-corrected chi connectivity index (χ0v) is 17.3. The number of para-hydroxylation sites is 2. The van der Waals surface area contributed by atoms with Gasteiger partial charge in [0.25, 0.3) is 0 Å². The minimum absolute atomic E-state index is 0.0761. The Morgan fingerprint density at radius 3 is 2.43 bits per heavy atom. The second kappa shape index (κ2) is 9.30. The number of H-pyrrole nitrogens is 1. The van der Waals surface area contributed by atoms with Crippen molar-refractivity contribution >= 4 is 23.2 Å². The van der Waals surface area contributed by atoms with Crippen LogP contribution in [-0.2, 0) is 16.1 Å². The van der Waals surface area contributed by atoms with Crippen LogP contribution in [-0.4, -0.2) is 34.3 Å². The molecule has 0 saturated carbocycles. The van der Waals surface area contributed by atoms with Crippen LogP contribution in [0.1, 0.15) is 38.2 Å². The van der Waals surface area contributed by atoms with Crippen molar-refractivity contribution < 1.29 is 19.1 Å². The molecular formula is C22H26N4O4. The minimum Gasteiger partial charge on any atom is -0.445 e. The maximum atomic E-state index is 12.3. The van der Waals surface area contributed by atoms with Gasteiger partial charge in [-0.05, 0) is 38.5 Å². The molecule has 3 rings (SSSR count). The largest absolute Gasteiger partial charge is 0.445 e. The van der Waals surface area contributed by atoms with Crippen LogP contribution in [0.2, 0.25) is 0 Å². The fourth-order valence-electron chi connectivity index (χ4n) is 2.76. The Balaban J connectivity index is 1.65. The van der Waals surface area contributed by atoms with E-state index in [4.69, 9.17) is 9.47 Å². The fraction of sp³-hybridized carbons (Fsp3) is 0.318. The summed E-state index contributed by atoms with van der Waals surface area (Å²) in [5.41, 5.74) is 1.82. The lowest BCUT2D eigenvalue weighted by atomic mass is 10.2. The number of rotatable bonds is 6. The van der Waals surface area contributed by atoms with Gasteiger partial charge in [0.05, 0.1) is 11.0 Å². The molecule has 1 heterocycles. The molecular weight excluding hydrogens is 384 g/mol. The van der Waals surface area contributed by atoms with Crippen molar-refractivity contribution in [1.29, 1.82) is 0 Å². The van der Waals surface area contributed by atoms with E-state index < -0.39 is 23.8 Å². The third-order valence-electron chi connectivity index (χ3n) is 4.09. The van der Waals surface area contributed by atoms with Crippen molar-refractivity contribution in [3.63, 3.8) is 0 Å². The minimum atomic E-state index is -0.648. The van der Waals surface area contributed by atoms with Gasteiger partial charge in [0, 0.05) is 6.54 Å². The Morgan fingerprint density at radius 1 is 1.03 bits per heavy atom. The number of aromatic nitrogens is 2. The van der Waals surface area contributed by atoms with Gasteiger partial charge in [-0.1, -0.05) is 42.5 Å². The summed E-state index contributed by atoms with van der Waals surface area (Å²) in [6.45, 7) is 5.57. The number of hydrogen-bond donors (Lipinski definition) is 3. The van der Waals surface area contributed by atoms with Crippen molar-refractivity contribution in [2.45, 2.75) is 39.0 Å². The number of carbonyl (C=O) groups excluding carboxylic acids is 2. The Morgan fingerprint density at radius 2 is 1.73 bits per heavy atom. The molecule has 2 amide bonds. The molecule has 0 fully saturated rings. The molecule has 1 aromatic heterocycles. The molecule has 30 heavy (non-hydrogen) atoms. The number of imidazole rings is 1. The predicted octanol–water partition coefficient (Wildman–Crippen LogP) is 4.06. The summed E-state index contributed by atoms with van der Waals surface area (Å²) < 4.78 is 10.6. The van der Waals surface area contributed by atoms with Crippen LogP contribution in [0.5, 0.6) is 0 Å². The summed E-state index contributed by atoms with van der Waals surface area (Å²) in [6.07, 6.45) is -1.20. The maximum absolute atomic E-state index is 12.3. The summed E-state index contributed by atoms with van der Waals surface area (Å²) in [5, 5.41) is 5.43. The average Bonchev–Trinajstić information content (AvgIpc) is 3.13. The third kappa shape index (κ3) is 6.23. The molecule has 8 nitrogen and oxygen atoms in total. The summed E-state index contributed by atoms with van der Waals surface area (Å²) in [6, 6.07) is 16.3. The molecule has 0 spiro atoms. The van der Waals surface area contributed by atoms with Crippen molar-refractivity contribution in [2.24, 2.45) is 0 Å². The van der Waals surface area contributed by atoms with Crippen LogP contribution in [0.15, 0.2) is 54.6 Å². The first-order valence-corrected chi connectivity index (χ1v) is 9.69. The smallest absolute Gasteiger partial charge is 0.408 e. The zero-order valence-electron chi connectivity index (χ0n) is 17.3. The van der Waals surface area contributed by atoms with Gasteiger partial charge in [-0.3, -0.25) is 0 Å². The molecule has 2 aromatic carbocycles. The van der Waals surface area contributed by atoms with Crippen molar-refractivity contribution in [3.8, 4) is 0 Å². The Hall–Kier alpha value is -3.55. The van der Waals surface area contributed by atoms with Crippen molar-refractivity contribution in [3.05, 3.63) is 66.0 Å². The van der Waals surface area contributed by atoms with Gasteiger partial charge in [0.1, 0.15) is 24.1 Å². The van der Waals surface area contributed by atoms with Gasteiger partial charge < -0.3 is 25.1 Å². The number of nitrogens with one attached hydrogen (secondary N) is 3. The van der Waals surface area contributed by atoms with E-state index in [1.165, 1.54) is 0 Å². The van der Waals surface area contributed by atoms with Gasteiger partial charge in [0.15, 0.2) is 0 Å². The predicted molar refractivity (Wildman–Crippen MR) is 113 cm³/mol. The number of carbonyl (C=O) groups is 2. The molecule has 0 radical (unpaired) electrons. The molecule has 0 aliphatic heterocycles. The normalized spacial score (nSPS) is 12.2. The van der Waals surface area contributed by atoms with Gasteiger partial charge in [0.2, 0.25) is 0 Å². The van der Waals surface area contributed by atoms with Crippen LogP contribution < -0.4 is 10.6 Å². The van der Waals surface area contributed by atoms with E-state index >= 15 is 0 Å². The average molecular weight is 410 g/mol. The highest BCUT2D eigenvalue weighted by Crippen LogP contribution is 2.17. The second-order valence-electron chi connectivity index (χ2n) is 7.78. The lowest BCUT2D eigenvalue weighted by molar-refractivity contribution is 0.0499. The Bertz CT molecular complexity index is 962. The number of fused-ring (bicyclic) bond motifs is 1. The van der Waals surface area contributed by atoms with Crippen LogP contribution in [0.25, 0.3) is 11.0 Å². The summed E-state index contributed by atoms with van der Waals surface area (Å²) in [5.74, 6) is 0.505. The maximum Gasteiger partial charge on any atom is 0.408 e. The number of ether oxygens (including phenoxy) is 2. The lowest BCUT2D eigenvalue weighted by Gasteiger charge is -2.23. The number of hydrogen-bond acceptors (Lipinski definition) is 5. The fourth-order valence-corrected chi connectivity index (χ4v) is 2.76. The molecule has 0 bridgehead atoms. The topological polar surface area (TPSA) is 105 Å². The van der Waals surface area contributed by atoms with Crippen LogP contribution in [0, 0.1) is 0 Å². The molecule has 3 N–H and O–H groups in total. The van der Waals surface area contributed by atoms with E-state index in [1.807, 2.05) is 54.6 Å². The molecule has 0 saturated heterocycles. The van der Waals surface area contributed by atoms with Gasteiger partial charge in [-0.15, -0.1) is 0 Å². The highest BCUT2D eigenvalue weighted by Gasteiger charge is 2.23. The first-order valence-electron chi connectivity index (χ1n) is 9.69. The van der Waals surface area contributed by atoms with Gasteiger partial charge in [-0.25, -0.2) is 14.6 Å². The number of aromatic amines is 1. The SMILES string of the molecule is CC(C)(C)OC(=O)NC(CNC(=O)OCc1ccccc1)c1nc2ccccc2[nH]1. The van der Waals surface area contributed by atoms with Crippen LogP contribution >= 0.6 is 0 Å². The highest BCUT2D eigenvalue weighted by atomic mass is 16.6. The highest BCUT2D eigenvalue weighted by molar-refractivity contribution is 5.75. The quantitative estimate of drug-likeness (QED) is 0.568. The first kappa shape index (κ1) is 21.2. The standard InChI is InChI=1S/C22H26N4O4/c1-22(2,3)30-21(28)26-18(19-24-16-11-7-8-12-17(16)25-19)13-23-20(27)29-14-15-9-5-4-6-10-15/h4-12,18H,13-14H2,1-3H3,(H,23,27)(H,24,25)(H,26,28). The second-order valence-corrected chi connectivity index (χ2v) is 7.78. The summed E-state index contributed by atoms with van der Waals surface area (Å²) >= 11 is 0. The van der Waals surface area contributed by atoms with Crippen molar-refractivity contribution in [1.82, 2.24) is 20.6 Å². The molecule has 1 unspecified atom stereocenters. The van der Waals surface area contributed by atoms with Crippen LogP contribution in [0.3, 0.4) is 0 Å². The van der Waals surface area contributed by atoms with E-state index in [-0.39, 0.29) is 13.2 Å². The van der Waals surface area contributed by atoms with E-state index in [2.05, 4.69) is 20.6 Å². The Labute approximate surface area is 175 Å². The zero-order chi connectivity index (χ0) is 21.6. The lowest BCUT2D eigenvalue weighted by Crippen LogP contribution is -2.41. The number of alkyl carbamates (subject to hydrolysis) is 2. The van der Waals surface area contributed by atoms with E-state index in [1.54, 1.807) is 20.8 Å². The van der Waals surface area contributed by atoms with E-state index in [0.717, 1.165) is 16.6 Å². The molecule has 158 valence electrons. The monoisotopic (exact) mass is 410 g/mol. The first-order chi connectivity index (χ1) is 14.3. The third-order valence-corrected chi connectivity index (χ3v) is 4.09. The number of benzene rings is 2. The van der Waals surface area contributed by atoms with Crippen LogP contribution in [0.4, 0.5) is 9.59 Å². The molecule has 8 heteroatoms. The van der Waals surface area contributed by atoms with Gasteiger partial charge >= 0.3 is 12.2 Å². The Kier molecular flexibility index (Phi) is 6.56. The molecule has 0 aliphatic rings. The molecule has 0 aliphatic carbocycles. The number of nitrogens with zero attached hydrogens (tertiary/aromatic N) is 1.